The summed E-state index contributed by atoms with van der Waals surface area (Å²) in [7, 11) is 0. The number of benzene rings is 1. The van der Waals surface area contributed by atoms with Crippen LogP contribution in [0.25, 0.3) is 0 Å². The SMILES string of the molecule is CCC1OCCC1CNCc1ccc(C#N)cc1C. The number of hydrogen-bond donors (Lipinski definition) is 1. The number of hydrogen-bond acceptors (Lipinski definition) is 3. The van der Waals surface area contributed by atoms with E-state index in [1.807, 2.05) is 18.2 Å². The van der Waals surface area contributed by atoms with Crippen LogP contribution in [0.1, 0.15) is 36.5 Å². The van der Waals surface area contributed by atoms with Gasteiger partial charge in [-0.2, -0.15) is 5.26 Å². The Morgan fingerprint density at radius 2 is 2.32 bits per heavy atom. The molecule has 1 aromatic carbocycles. The van der Waals surface area contributed by atoms with Crippen LogP contribution in [0, 0.1) is 24.2 Å². The predicted octanol–water partition coefficient (Wildman–Crippen LogP) is 2.77. The molecule has 1 aliphatic rings. The van der Waals surface area contributed by atoms with E-state index in [1.165, 1.54) is 11.1 Å². The summed E-state index contributed by atoms with van der Waals surface area (Å²) in [5.41, 5.74) is 3.18. The molecule has 1 aliphatic heterocycles. The van der Waals surface area contributed by atoms with E-state index in [9.17, 15) is 0 Å². The van der Waals surface area contributed by atoms with Gasteiger partial charge >= 0.3 is 0 Å². The molecule has 0 saturated carbocycles. The second kappa shape index (κ2) is 6.70. The predicted molar refractivity (Wildman–Crippen MR) is 75.7 cm³/mol. The van der Waals surface area contributed by atoms with E-state index in [0.29, 0.717) is 12.0 Å². The lowest BCUT2D eigenvalue weighted by Crippen LogP contribution is -2.28. The highest BCUT2D eigenvalue weighted by Gasteiger charge is 2.25. The Kier molecular flexibility index (Phi) is 4.95. The van der Waals surface area contributed by atoms with E-state index in [-0.39, 0.29) is 0 Å². The van der Waals surface area contributed by atoms with Crippen LogP contribution in [0.3, 0.4) is 0 Å². The van der Waals surface area contributed by atoms with Crippen molar-refractivity contribution >= 4 is 0 Å². The van der Waals surface area contributed by atoms with Crippen molar-refractivity contribution in [3.8, 4) is 6.07 Å². The minimum absolute atomic E-state index is 0.426. The Hall–Kier alpha value is -1.37. The van der Waals surface area contributed by atoms with Gasteiger partial charge in [-0.3, -0.25) is 0 Å². The van der Waals surface area contributed by atoms with Crippen molar-refractivity contribution in [3.05, 3.63) is 34.9 Å². The van der Waals surface area contributed by atoms with Gasteiger partial charge in [0.05, 0.1) is 17.7 Å². The van der Waals surface area contributed by atoms with Crippen LogP contribution in [0.2, 0.25) is 0 Å². The third-order valence-electron chi connectivity index (χ3n) is 3.94. The highest BCUT2D eigenvalue weighted by atomic mass is 16.5. The van der Waals surface area contributed by atoms with Crippen LogP contribution in [0.5, 0.6) is 0 Å². The molecule has 0 bridgehead atoms. The van der Waals surface area contributed by atoms with Gasteiger partial charge in [0, 0.05) is 19.7 Å². The van der Waals surface area contributed by atoms with Crippen LogP contribution in [-0.4, -0.2) is 19.3 Å². The van der Waals surface area contributed by atoms with Crippen molar-refractivity contribution in [1.29, 1.82) is 5.26 Å². The van der Waals surface area contributed by atoms with Crippen LogP contribution in [-0.2, 0) is 11.3 Å². The number of ether oxygens (including phenoxy) is 1. The Morgan fingerprint density at radius 3 is 3.00 bits per heavy atom. The molecule has 0 spiro atoms. The molecule has 1 saturated heterocycles. The first-order valence-corrected chi connectivity index (χ1v) is 7.06. The standard InChI is InChI=1S/C16H22N2O/c1-3-16-15(6-7-19-16)11-18-10-14-5-4-13(9-17)8-12(14)2/h4-5,8,15-16,18H,3,6-7,10-11H2,1-2H3. The quantitative estimate of drug-likeness (QED) is 0.883. The molecule has 2 unspecified atom stereocenters. The summed E-state index contributed by atoms with van der Waals surface area (Å²) in [5.74, 6) is 0.642. The number of nitriles is 1. The number of nitrogens with zero attached hydrogens (tertiary/aromatic N) is 1. The molecule has 0 radical (unpaired) electrons. The van der Waals surface area contributed by atoms with Gasteiger partial charge in [-0.1, -0.05) is 13.0 Å². The number of nitrogens with one attached hydrogen (secondary N) is 1. The molecule has 2 rings (SSSR count). The molecule has 0 aliphatic carbocycles. The summed E-state index contributed by atoms with van der Waals surface area (Å²) in [6.07, 6.45) is 2.69. The van der Waals surface area contributed by atoms with E-state index in [1.54, 1.807) is 0 Å². The van der Waals surface area contributed by atoms with Gasteiger partial charge in [-0.25, -0.2) is 0 Å². The number of rotatable bonds is 5. The molecule has 1 N–H and O–H groups in total. The maximum Gasteiger partial charge on any atom is 0.0991 e. The van der Waals surface area contributed by atoms with E-state index < -0.39 is 0 Å². The van der Waals surface area contributed by atoms with E-state index in [2.05, 4.69) is 25.2 Å². The fraction of sp³-hybridized carbons (Fsp3) is 0.562. The zero-order valence-corrected chi connectivity index (χ0v) is 11.8. The van der Waals surface area contributed by atoms with Crippen LogP contribution in [0.4, 0.5) is 0 Å². The zero-order chi connectivity index (χ0) is 13.7. The zero-order valence-electron chi connectivity index (χ0n) is 11.8. The van der Waals surface area contributed by atoms with Crippen molar-refractivity contribution < 1.29 is 4.74 Å². The minimum atomic E-state index is 0.426. The Labute approximate surface area is 115 Å². The van der Waals surface area contributed by atoms with Gasteiger partial charge in [0.15, 0.2) is 0 Å². The third-order valence-corrected chi connectivity index (χ3v) is 3.94. The lowest BCUT2D eigenvalue weighted by molar-refractivity contribution is 0.0872. The molecular formula is C16H22N2O. The molecule has 1 fully saturated rings. The summed E-state index contributed by atoms with van der Waals surface area (Å²) in [6, 6.07) is 8.05. The van der Waals surface area contributed by atoms with Gasteiger partial charge in [0.2, 0.25) is 0 Å². The Balaban J connectivity index is 1.84. The van der Waals surface area contributed by atoms with E-state index in [4.69, 9.17) is 10.00 Å². The van der Waals surface area contributed by atoms with Crippen LogP contribution >= 0.6 is 0 Å². The first kappa shape index (κ1) is 14.0. The minimum Gasteiger partial charge on any atom is -0.378 e. The molecule has 0 aromatic heterocycles. The Morgan fingerprint density at radius 1 is 1.47 bits per heavy atom. The van der Waals surface area contributed by atoms with Crippen LogP contribution in [0.15, 0.2) is 18.2 Å². The molecule has 102 valence electrons. The fourth-order valence-corrected chi connectivity index (χ4v) is 2.73. The topological polar surface area (TPSA) is 45.0 Å². The van der Waals surface area contributed by atoms with Gasteiger partial charge in [0.1, 0.15) is 0 Å². The molecule has 1 aromatic rings. The summed E-state index contributed by atoms with van der Waals surface area (Å²) in [4.78, 5) is 0. The monoisotopic (exact) mass is 258 g/mol. The third kappa shape index (κ3) is 3.56. The molecule has 1 heterocycles. The number of aryl methyl sites for hydroxylation is 1. The average Bonchev–Trinajstić information content (AvgIpc) is 2.88. The highest BCUT2D eigenvalue weighted by molar-refractivity contribution is 5.37. The molecule has 2 atom stereocenters. The van der Waals surface area contributed by atoms with E-state index >= 15 is 0 Å². The first-order valence-electron chi connectivity index (χ1n) is 7.06. The lowest BCUT2D eigenvalue weighted by atomic mass is 9.99. The largest absolute Gasteiger partial charge is 0.378 e. The Bertz CT molecular complexity index is 464. The van der Waals surface area contributed by atoms with Crippen molar-refractivity contribution in [2.75, 3.05) is 13.2 Å². The van der Waals surface area contributed by atoms with Crippen LogP contribution < -0.4 is 5.32 Å². The summed E-state index contributed by atoms with van der Waals surface area (Å²) < 4.78 is 5.70. The van der Waals surface area contributed by atoms with Crippen molar-refractivity contribution in [3.63, 3.8) is 0 Å². The molecule has 3 heteroatoms. The fourth-order valence-electron chi connectivity index (χ4n) is 2.73. The van der Waals surface area contributed by atoms with Crippen molar-refractivity contribution in [2.45, 2.75) is 39.3 Å². The van der Waals surface area contributed by atoms with Gasteiger partial charge in [-0.15, -0.1) is 0 Å². The first-order chi connectivity index (χ1) is 9.24. The normalized spacial score (nSPS) is 22.4. The second-order valence-corrected chi connectivity index (χ2v) is 5.25. The van der Waals surface area contributed by atoms with Gasteiger partial charge < -0.3 is 10.1 Å². The summed E-state index contributed by atoms with van der Waals surface area (Å²) in [5, 5.41) is 12.4. The van der Waals surface area contributed by atoms with Gasteiger partial charge in [-0.05, 0) is 48.9 Å². The van der Waals surface area contributed by atoms with Crippen molar-refractivity contribution in [1.82, 2.24) is 5.32 Å². The maximum absolute atomic E-state index is 8.85. The molecule has 0 amide bonds. The van der Waals surface area contributed by atoms with Gasteiger partial charge in [0.25, 0.3) is 0 Å². The lowest BCUT2D eigenvalue weighted by Gasteiger charge is -2.17. The maximum atomic E-state index is 8.85. The van der Waals surface area contributed by atoms with Crippen molar-refractivity contribution in [2.24, 2.45) is 5.92 Å². The molecule has 19 heavy (non-hydrogen) atoms. The smallest absolute Gasteiger partial charge is 0.0991 e. The highest BCUT2D eigenvalue weighted by Crippen LogP contribution is 2.22. The molecular weight excluding hydrogens is 236 g/mol. The average molecular weight is 258 g/mol. The summed E-state index contributed by atoms with van der Waals surface area (Å²) in [6.45, 7) is 7.03. The second-order valence-electron chi connectivity index (χ2n) is 5.25. The van der Waals surface area contributed by atoms with E-state index in [0.717, 1.165) is 38.1 Å². The molecule has 3 nitrogen and oxygen atoms in total. The summed E-state index contributed by atoms with van der Waals surface area (Å²) >= 11 is 0.